The van der Waals surface area contributed by atoms with Crippen molar-refractivity contribution in [1.82, 2.24) is 5.48 Å². The van der Waals surface area contributed by atoms with E-state index < -0.39 is 69.0 Å². The van der Waals surface area contributed by atoms with Crippen molar-refractivity contribution >= 4 is 39.7 Å². The van der Waals surface area contributed by atoms with E-state index in [9.17, 15) is 37.8 Å². The van der Waals surface area contributed by atoms with Crippen molar-refractivity contribution in [2.75, 3.05) is 18.6 Å². The Morgan fingerprint density at radius 2 is 1.96 bits per heavy atom. The maximum absolute atomic E-state index is 12.3. The largest absolute Gasteiger partial charge is 0.418 e. The van der Waals surface area contributed by atoms with Crippen molar-refractivity contribution in [2.24, 2.45) is 5.92 Å². The second-order valence-corrected chi connectivity index (χ2v) is 8.89. The summed E-state index contributed by atoms with van der Waals surface area (Å²) < 4.78 is 50.1. The van der Waals surface area contributed by atoms with Crippen LogP contribution in [0.2, 0.25) is 0 Å². The molecular weight excluding hydrogens is 418 g/mol. The molecule has 6 N–H and O–H groups in total. The van der Waals surface area contributed by atoms with Crippen LogP contribution in [0, 0.1) is 5.92 Å². The average molecular weight is 439 g/mol. The zero-order chi connectivity index (χ0) is 20.3. The van der Waals surface area contributed by atoms with Gasteiger partial charge in [-0.05, 0) is 6.42 Å². The lowest BCUT2D eigenvalue weighted by molar-refractivity contribution is -0.253. The smallest absolute Gasteiger partial charge is 0.394 e. The Morgan fingerprint density at radius 3 is 2.42 bits per heavy atom. The molecular formula is C11H21NO11S3. The van der Waals surface area contributed by atoms with E-state index in [2.05, 4.69) is 16.9 Å². The molecule has 0 aromatic carbocycles. The number of rotatable bonds is 8. The van der Waals surface area contributed by atoms with Crippen LogP contribution in [0.1, 0.15) is 6.42 Å². The van der Waals surface area contributed by atoms with Crippen molar-refractivity contribution < 1.29 is 51.4 Å². The van der Waals surface area contributed by atoms with Gasteiger partial charge in [0, 0.05) is 22.8 Å². The van der Waals surface area contributed by atoms with Gasteiger partial charge >= 0.3 is 10.4 Å². The molecule has 1 aliphatic heterocycles. The molecule has 0 aliphatic carbocycles. The van der Waals surface area contributed by atoms with Gasteiger partial charge in [-0.2, -0.15) is 8.42 Å². The molecule has 1 amide bonds. The van der Waals surface area contributed by atoms with Crippen LogP contribution >= 0.6 is 12.6 Å². The second-order valence-electron chi connectivity index (χ2n) is 5.61. The molecule has 0 aromatic rings. The van der Waals surface area contributed by atoms with Crippen LogP contribution < -0.4 is 5.48 Å². The summed E-state index contributed by atoms with van der Waals surface area (Å²) in [6.07, 6.45) is -5.86. The highest BCUT2D eigenvalue weighted by Gasteiger charge is 2.57. The van der Waals surface area contributed by atoms with Gasteiger partial charge in [-0.25, -0.2) is 5.48 Å². The fourth-order valence-electron chi connectivity index (χ4n) is 2.44. The van der Waals surface area contributed by atoms with Gasteiger partial charge in [0.25, 0.3) is 5.91 Å². The van der Waals surface area contributed by atoms with Crippen LogP contribution in [-0.4, -0.2) is 91.5 Å². The SMILES string of the molecule is CS(=O)CCC(C(=O)NOS(=O)(=O)O)[C@@]1(S)O[C@H](CO)[C@@H](O)[C@H](O)[C@H]1O. The van der Waals surface area contributed by atoms with Crippen LogP contribution in [0.4, 0.5) is 0 Å². The number of carbonyl (C=O) groups excluding carboxylic acids is 1. The van der Waals surface area contributed by atoms with Gasteiger partial charge in [0.2, 0.25) is 0 Å². The summed E-state index contributed by atoms with van der Waals surface area (Å²) >= 11 is 4.08. The van der Waals surface area contributed by atoms with Crippen molar-refractivity contribution in [3.63, 3.8) is 0 Å². The monoisotopic (exact) mass is 439 g/mol. The minimum Gasteiger partial charge on any atom is -0.394 e. The third-order valence-corrected chi connectivity index (χ3v) is 5.54. The maximum Gasteiger partial charge on any atom is 0.418 e. The summed E-state index contributed by atoms with van der Waals surface area (Å²) in [4.78, 5) is 10.1. The lowest BCUT2D eigenvalue weighted by Crippen LogP contribution is -2.67. The van der Waals surface area contributed by atoms with Gasteiger partial charge in [-0.1, -0.05) is 0 Å². The topological polar surface area (TPSA) is 200 Å². The number of aliphatic hydroxyl groups is 4. The van der Waals surface area contributed by atoms with E-state index in [1.807, 2.05) is 0 Å². The quantitative estimate of drug-likeness (QED) is 0.112. The fourth-order valence-corrected chi connectivity index (χ4v) is 3.73. The average Bonchev–Trinajstić information content (AvgIpc) is 2.53. The number of amides is 1. The van der Waals surface area contributed by atoms with E-state index in [4.69, 9.17) is 9.29 Å². The summed E-state index contributed by atoms with van der Waals surface area (Å²) in [7, 11) is -6.44. The number of thiol groups is 1. The predicted octanol–water partition coefficient (Wildman–Crippen LogP) is -3.68. The molecule has 0 spiro atoms. The minimum atomic E-state index is -5.03. The molecule has 1 saturated heterocycles. The summed E-state index contributed by atoms with van der Waals surface area (Å²) in [5, 5.41) is 39.2. The highest BCUT2D eigenvalue weighted by Crippen LogP contribution is 2.40. The first kappa shape index (κ1) is 23.7. The number of hydrogen-bond acceptors (Lipinski definition) is 11. The molecule has 7 atom stereocenters. The summed E-state index contributed by atoms with van der Waals surface area (Å²) in [5.74, 6) is -2.89. The lowest BCUT2D eigenvalue weighted by Gasteiger charge is -2.48. The van der Waals surface area contributed by atoms with Crippen molar-refractivity contribution in [3.8, 4) is 0 Å². The Balaban J connectivity index is 3.16. The highest BCUT2D eigenvalue weighted by molar-refractivity contribution is 7.84. The number of hydrogen-bond donors (Lipinski definition) is 7. The number of nitrogens with one attached hydrogen (secondary N) is 1. The molecule has 0 bridgehead atoms. The molecule has 154 valence electrons. The second kappa shape index (κ2) is 9.22. The summed E-state index contributed by atoms with van der Waals surface area (Å²) in [5.41, 5.74) is 1.43. The number of hydroxylamine groups is 1. The van der Waals surface area contributed by atoms with Crippen molar-refractivity contribution in [2.45, 2.75) is 35.8 Å². The first-order valence-corrected chi connectivity index (χ1v) is 10.7. The Kier molecular flexibility index (Phi) is 8.40. The van der Waals surface area contributed by atoms with Gasteiger partial charge in [0.05, 0.1) is 12.5 Å². The van der Waals surface area contributed by atoms with E-state index in [1.165, 1.54) is 11.7 Å². The Morgan fingerprint density at radius 1 is 1.38 bits per heavy atom. The molecule has 26 heavy (non-hydrogen) atoms. The third-order valence-electron chi connectivity index (χ3n) is 3.76. The third kappa shape index (κ3) is 5.82. The molecule has 2 unspecified atom stereocenters. The Hall–Kier alpha value is -0.360. The van der Waals surface area contributed by atoms with Crippen LogP contribution in [-0.2, 0) is 35.0 Å². The zero-order valence-electron chi connectivity index (χ0n) is 13.5. The van der Waals surface area contributed by atoms with E-state index in [-0.39, 0.29) is 12.2 Å². The normalized spacial score (nSPS) is 34.9. The van der Waals surface area contributed by atoms with Crippen LogP contribution in [0.3, 0.4) is 0 Å². The van der Waals surface area contributed by atoms with Crippen molar-refractivity contribution in [3.05, 3.63) is 0 Å². The molecule has 15 heteroatoms. The van der Waals surface area contributed by atoms with Gasteiger partial charge in [-0.3, -0.25) is 13.6 Å². The lowest BCUT2D eigenvalue weighted by atomic mass is 9.85. The predicted molar refractivity (Wildman–Crippen MR) is 89.5 cm³/mol. The maximum atomic E-state index is 12.3. The first-order chi connectivity index (χ1) is 11.8. The molecule has 1 rings (SSSR count). The molecule has 0 saturated carbocycles. The van der Waals surface area contributed by atoms with Crippen molar-refractivity contribution in [1.29, 1.82) is 0 Å². The van der Waals surface area contributed by atoms with Crippen LogP contribution in [0.5, 0.6) is 0 Å². The first-order valence-electron chi connectivity index (χ1n) is 7.14. The van der Waals surface area contributed by atoms with Crippen LogP contribution in [0.15, 0.2) is 0 Å². The Labute approximate surface area is 157 Å². The van der Waals surface area contributed by atoms with Gasteiger partial charge < -0.3 is 25.2 Å². The van der Waals surface area contributed by atoms with Gasteiger partial charge in [0.1, 0.15) is 24.4 Å². The van der Waals surface area contributed by atoms with E-state index in [0.717, 1.165) is 0 Å². The number of ether oxygens (including phenoxy) is 1. The minimum absolute atomic E-state index is 0.106. The number of aliphatic hydroxyl groups excluding tert-OH is 4. The number of carbonyl (C=O) groups is 1. The Bertz CT molecular complexity index is 627. The van der Waals surface area contributed by atoms with E-state index in [0.29, 0.717) is 0 Å². The molecule has 0 aromatic heterocycles. The molecule has 1 aliphatic rings. The molecule has 0 radical (unpaired) electrons. The van der Waals surface area contributed by atoms with E-state index in [1.54, 1.807) is 0 Å². The van der Waals surface area contributed by atoms with Gasteiger partial charge in [-0.15, -0.1) is 16.9 Å². The fraction of sp³-hybridized carbons (Fsp3) is 0.909. The van der Waals surface area contributed by atoms with E-state index >= 15 is 0 Å². The standard InChI is InChI=1S/C11H21NO11S3/c1-25(18)3-2-5(10(17)12-23-26(19,20)21)11(24)9(16)8(15)7(14)6(4-13)22-11/h5-9,13-16,24H,2-4H2,1H3,(H,12,17)(H,19,20,21)/t5?,6-,7-,8+,9-,11+,25?/m1/s1. The molecule has 12 nitrogen and oxygen atoms in total. The zero-order valence-corrected chi connectivity index (χ0v) is 16.0. The van der Waals surface area contributed by atoms with Gasteiger partial charge in [0.15, 0.2) is 4.93 Å². The highest BCUT2D eigenvalue weighted by atomic mass is 32.3. The summed E-state index contributed by atoms with van der Waals surface area (Å²) in [6, 6.07) is 0. The van der Waals surface area contributed by atoms with Crippen LogP contribution in [0.25, 0.3) is 0 Å². The summed E-state index contributed by atoms with van der Waals surface area (Å²) in [6.45, 7) is -0.789. The molecule has 1 fully saturated rings. The molecule has 1 heterocycles.